The first kappa shape index (κ1) is 20.9. The van der Waals surface area contributed by atoms with Crippen LogP contribution in [-0.2, 0) is 16.2 Å². The first-order valence-electron chi connectivity index (χ1n) is 8.21. The minimum atomic E-state index is -4.56. The largest absolute Gasteiger partial charge is 0.416 e. The molecule has 29 heavy (non-hydrogen) atoms. The number of sulfonamides is 1. The predicted molar refractivity (Wildman–Crippen MR) is 106 cm³/mol. The van der Waals surface area contributed by atoms with E-state index in [1.165, 1.54) is 24.6 Å². The molecule has 0 atom stereocenters. The normalized spacial score (nSPS) is 11.9. The SMILES string of the molecule is CN(c1ccccc1)S(=O)(=O)c1ccsc1C(=O)Nc1cccc(C(F)(F)F)c1. The summed E-state index contributed by atoms with van der Waals surface area (Å²) in [5, 5.41) is 3.77. The Labute approximate surface area is 169 Å². The van der Waals surface area contributed by atoms with E-state index < -0.39 is 27.7 Å². The van der Waals surface area contributed by atoms with Gasteiger partial charge in [-0.2, -0.15) is 13.2 Å². The molecule has 1 heterocycles. The minimum Gasteiger partial charge on any atom is -0.321 e. The van der Waals surface area contributed by atoms with E-state index >= 15 is 0 Å². The Morgan fingerprint density at radius 1 is 1.03 bits per heavy atom. The third-order valence-corrected chi connectivity index (χ3v) is 6.91. The Balaban J connectivity index is 1.89. The monoisotopic (exact) mass is 440 g/mol. The lowest BCUT2D eigenvalue weighted by atomic mass is 10.2. The first-order valence-corrected chi connectivity index (χ1v) is 10.5. The summed E-state index contributed by atoms with van der Waals surface area (Å²) < 4.78 is 65.5. The van der Waals surface area contributed by atoms with Crippen LogP contribution in [0.1, 0.15) is 15.2 Å². The lowest BCUT2D eigenvalue weighted by Gasteiger charge is -2.19. The summed E-state index contributed by atoms with van der Waals surface area (Å²) in [6, 6.07) is 13.7. The molecule has 2 aromatic carbocycles. The Kier molecular flexibility index (Phi) is 5.67. The lowest BCUT2D eigenvalue weighted by molar-refractivity contribution is -0.137. The van der Waals surface area contributed by atoms with E-state index in [0.29, 0.717) is 5.69 Å². The highest BCUT2D eigenvalue weighted by Crippen LogP contribution is 2.32. The summed E-state index contributed by atoms with van der Waals surface area (Å²) in [6.45, 7) is 0. The molecule has 10 heteroatoms. The number of thiophene rings is 1. The number of amides is 1. The summed E-state index contributed by atoms with van der Waals surface area (Å²) in [7, 11) is -2.69. The molecule has 152 valence electrons. The molecule has 3 rings (SSSR count). The first-order chi connectivity index (χ1) is 13.6. The van der Waals surface area contributed by atoms with Crippen LogP contribution in [-0.4, -0.2) is 21.4 Å². The molecule has 0 aliphatic carbocycles. The number of nitrogens with zero attached hydrogens (tertiary/aromatic N) is 1. The molecule has 0 bridgehead atoms. The van der Waals surface area contributed by atoms with Crippen LogP contribution < -0.4 is 9.62 Å². The number of hydrogen-bond acceptors (Lipinski definition) is 4. The number of para-hydroxylation sites is 1. The summed E-state index contributed by atoms with van der Waals surface area (Å²) in [4.78, 5) is 12.3. The van der Waals surface area contributed by atoms with Crippen LogP contribution in [0.25, 0.3) is 0 Å². The number of halogens is 3. The van der Waals surface area contributed by atoms with Gasteiger partial charge < -0.3 is 5.32 Å². The second-order valence-corrected chi connectivity index (χ2v) is 8.81. The number of carbonyl (C=O) groups is 1. The molecular weight excluding hydrogens is 425 g/mol. The second kappa shape index (κ2) is 7.88. The Bertz CT molecular complexity index is 1130. The van der Waals surface area contributed by atoms with Crippen molar-refractivity contribution in [2.75, 3.05) is 16.7 Å². The van der Waals surface area contributed by atoms with Gasteiger partial charge in [-0.25, -0.2) is 8.42 Å². The predicted octanol–water partition coefficient (Wildman–Crippen LogP) is 4.84. The van der Waals surface area contributed by atoms with E-state index in [1.807, 2.05) is 0 Å². The fraction of sp³-hybridized carbons (Fsp3) is 0.105. The van der Waals surface area contributed by atoms with Crippen LogP contribution >= 0.6 is 11.3 Å². The molecule has 0 saturated carbocycles. The number of rotatable bonds is 5. The smallest absolute Gasteiger partial charge is 0.321 e. The standard InChI is InChI=1S/C19H15F3N2O3S2/c1-24(15-8-3-2-4-9-15)29(26,27)16-10-11-28-17(16)18(25)23-14-7-5-6-13(12-14)19(20,21)22/h2-12H,1H3,(H,23,25). The number of carbonyl (C=O) groups excluding carboxylic acids is 1. The second-order valence-electron chi connectivity index (χ2n) is 5.95. The van der Waals surface area contributed by atoms with Gasteiger partial charge in [0.2, 0.25) is 0 Å². The summed E-state index contributed by atoms with van der Waals surface area (Å²) in [6.07, 6.45) is -4.56. The van der Waals surface area contributed by atoms with E-state index in [0.717, 1.165) is 33.8 Å². The highest BCUT2D eigenvalue weighted by atomic mass is 32.2. The molecule has 5 nitrogen and oxygen atoms in total. The van der Waals surface area contributed by atoms with Crippen molar-refractivity contribution in [2.24, 2.45) is 0 Å². The van der Waals surface area contributed by atoms with E-state index in [4.69, 9.17) is 0 Å². The van der Waals surface area contributed by atoms with E-state index in [9.17, 15) is 26.4 Å². The third-order valence-electron chi connectivity index (χ3n) is 4.04. The molecule has 0 unspecified atom stereocenters. The van der Waals surface area contributed by atoms with Crippen molar-refractivity contribution in [3.05, 3.63) is 76.5 Å². The topological polar surface area (TPSA) is 66.5 Å². The van der Waals surface area contributed by atoms with Crippen LogP contribution in [0.3, 0.4) is 0 Å². The van der Waals surface area contributed by atoms with Crippen LogP contribution in [0.15, 0.2) is 70.9 Å². The van der Waals surface area contributed by atoms with Gasteiger partial charge in [0.25, 0.3) is 15.9 Å². The van der Waals surface area contributed by atoms with Crippen LogP contribution in [0.4, 0.5) is 24.5 Å². The molecular formula is C19H15F3N2O3S2. The van der Waals surface area contributed by atoms with Gasteiger partial charge in [0.05, 0.1) is 11.3 Å². The zero-order valence-electron chi connectivity index (χ0n) is 15.0. The molecule has 1 amide bonds. The Morgan fingerprint density at radius 3 is 2.38 bits per heavy atom. The van der Waals surface area contributed by atoms with Crippen molar-refractivity contribution in [3.8, 4) is 0 Å². The van der Waals surface area contributed by atoms with Gasteiger partial charge in [0.1, 0.15) is 9.77 Å². The third kappa shape index (κ3) is 4.43. The Morgan fingerprint density at radius 2 is 1.72 bits per heavy atom. The molecule has 0 aliphatic rings. The van der Waals surface area contributed by atoms with Gasteiger partial charge >= 0.3 is 6.18 Å². The number of benzene rings is 2. The Hall–Kier alpha value is -2.85. The van der Waals surface area contributed by atoms with Crippen molar-refractivity contribution in [3.63, 3.8) is 0 Å². The fourth-order valence-electron chi connectivity index (χ4n) is 2.55. The highest BCUT2D eigenvalue weighted by molar-refractivity contribution is 7.93. The lowest BCUT2D eigenvalue weighted by Crippen LogP contribution is -2.28. The maximum Gasteiger partial charge on any atom is 0.416 e. The molecule has 0 radical (unpaired) electrons. The van der Waals surface area contributed by atoms with Crippen LogP contribution in [0, 0.1) is 0 Å². The van der Waals surface area contributed by atoms with Crippen LogP contribution in [0.5, 0.6) is 0 Å². The molecule has 1 N–H and O–H groups in total. The van der Waals surface area contributed by atoms with Gasteiger partial charge in [-0.15, -0.1) is 11.3 Å². The number of hydrogen-bond donors (Lipinski definition) is 1. The number of anilines is 2. The van der Waals surface area contributed by atoms with E-state index in [1.54, 1.807) is 30.3 Å². The summed E-state index contributed by atoms with van der Waals surface area (Å²) in [5.74, 6) is -0.806. The molecule has 0 spiro atoms. The van der Waals surface area contributed by atoms with E-state index in [2.05, 4.69) is 5.32 Å². The summed E-state index contributed by atoms with van der Waals surface area (Å²) in [5.41, 5.74) is -0.598. The minimum absolute atomic E-state index is 0.0852. The van der Waals surface area contributed by atoms with Gasteiger partial charge in [-0.3, -0.25) is 9.10 Å². The maximum absolute atomic E-state index is 13.0. The maximum atomic E-state index is 13.0. The average Bonchev–Trinajstić information content (AvgIpc) is 3.18. The van der Waals surface area contributed by atoms with Gasteiger partial charge in [-0.1, -0.05) is 24.3 Å². The quantitative estimate of drug-likeness (QED) is 0.617. The number of nitrogens with one attached hydrogen (secondary N) is 1. The summed E-state index contributed by atoms with van der Waals surface area (Å²) >= 11 is 0.886. The molecule has 0 fully saturated rings. The van der Waals surface area contributed by atoms with Gasteiger partial charge in [0.15, 0.2) is 0 Å². The van der Waals surface area contributed by atoms with E-state index in [-0.39, 0.29) is 15.5 Å². The van der Waals surface area contributed by atoms with Gasteiger partial charge in [-0.05, 0) is 41.8 Å². The molecule has 1 aromatic heterocycles. The van der Waals surface area contributed by atoms with Crippen molar-refractivity contribution < 1.29 is 26.4 Å². The van der Waals surface area contributed by atoms with Crippen LogP contribution in [0.2, 0.25) is 0 Å². The zero-order chi connectivity index (χ0) is 21.2. The highest BCUT2D eigenvalue weighted by Gasteiger charge is 2.31. The van der Waals surface area contributed by atoms with Gasteiger partial charge in [0, 0.05) is 12.7 Å². The van der Waals surface area contributed by atoms with Crippen molar-refractivity contribution >= 4 is 38.6 Å². The zero-order valence-corrected chi connectivity index (χ0v) is 16.6. The molecule has 0 aliphatic heterocycles. The van der Waals surface area contributed by atoms with Crippen molar-refractivity contribution in [2.45, 2.75) is 11.1 Å². The average molecular weight is 440 g/mol. The fourth-order valence-corrected chi connectivity index (χ4v) is 5.04. The molecule has 0 saturated heterocycles. The molecule has 3 aromatic rings. The van der Waals surface area contributed by atoms with Crippen molar-refractivity contribution in [1.29, 1.82) is 0 Å². The van der Waals surface area contributed by atoms with Crippen molar-refractivity contribution in [1.82, 2.24) is 0 Å². The number of alkyl halides is 3.